The first-order valence-electron chi connectivity index (χ1n) is 6.16. The number of thiazole rings is 1. The van der Waals surface area contributed by atoms with Gasteiger partial charge in [0.25, 0.3) is 0 Å². The topological polar surface area (TPSA) is 88.5 Å². The molecule has 1 heterocycles. The molecule has 0 spiro atoms. The van der Waals surface area contributed by atoms with Crippen LogP contribution in [0, 0.1) is 0 Å². The van der Waals surface area contributed by atoms with Crippen molar-refractivity contribution < 1.29 is 19.4 Å². The van der Waals surface area contributed by atoms with E-state index in [9.17, 15) is 14.7 Å². The molecule has 0 saturated heterocycles. The highest BCUT2D eigenvalue weighted by Crippen LogP contribution is 2.19. The summed E-state index contributed by atoms with van der Waals surface area (Å²) in [6, 6.07) is 6.65. The number of hydrogen-bond acceptors (Lipinski definition) is 6. The van der Waals surface area contributed by atoms with Gasteiger partial charge in [0.05, 0.1) is 25.6 Å². The van der Waals surface area contributed by atoms with E-state index < -0.39 is 0 Å². The number of hydrogen-bond donors (Lipinski definition) is 2. The van der Waals surface area contributed by atoms with Crippen LogP contribution < -0.4 is 5.32 Å². The first kappa shape index (κ1) is 15.0. The molecule has 1 aromatic carbocycles. The van der Waals surface area contributed by atoms with E-state index in [2.05, 4.69) is 15.0 Å². The Morgan fingerprint density at radius 2 is 2.10 bits per heavy atom. The van der Waals surface area contributed by atoms with Gasteiger partial charge in [0.15, 0.2) is 5.13 Å². The molecule has 2 rings (SSSR count). The Kier molecular flexibility index (Phi) is 4.89. The number of phenolic OH excluding ortho intramolecular Hbond substituents is 1. The van der Waals surface area contributed by atoms with Gasteiger partial charge in [-0.05, 0) is 6.07 Å². The van der Waals surface area contributed by atoms with Crippen molar-refractivity contribution in [1.82, 2.24) is 4.98 Å². The fourth-order valence-corrected chi connectivity index (χ4v) is 2.39. The van der Waals surface area contributed by atoms with E-state index in [0.29, 0.717) is 16.4 Å². The van der Waals surface area contributed by atoms with Crippen molar-refractivity contribution in [2.45, 2.75) is 12.8 Å². The number of carbonyl (C=O) groups is 2. The number of esters is 1. The third-order valence-corrected chi connectivity index (χ3v) is 3.50. The molecule has 0 aliphatic carbocycles. The zero-order valence-corrected chi connectivity index (χ0v) is 12.1. The number of nitrogens with zero attached hydrogens (tertiary/aromatic N) is 1. The summed E-state index contributed by atoms with van der Waals surface area (Å²) in [5, 5.41) is 14.3. The van der Waals surface area contributed by atoms with Crippen LogP contribution in [0.2, 0.25) is 0 Å². The average molecular weight is 306 g/mol. The van der Waals surface area contributed by atoms with Crippen LogP contribution in [0.3, 0.4) is 0 Å². The Morgan fingerprint density at radius 1 is 1.33 bits per heavy atom. The van der Waals surface area contributed by atoms with Crippen LogP contribution in [0.4, 0.5) is 5.13 Å². The lowest BCUT2D eigenvalue weighted by Crippen LogP contribution is -2.14. The molecule has 0 saturated carbocycles. The highest BCUT2D eigenvalue weighted by molar-refractivity contribution is 7.13. The lowest BCUT2D eigenvalue weighted by atomic mass is 10.1. The van der Waals surface area contributed by atoms with Gasteiger partial charge in [-0.15, -0.1) is 11.3 Å². The summed E-state index contributed by atoms with van der Waals surface area (Å²) in [6.45, 7) is 0. The normalized spacial score (nSPS) is 10.1. The summed E-state index contributed by atoms with van der Waals surface area (Å²) in [4.78, 5) is 27.1. The van der Waals surface area contributed by atoms with Gasteiger partial charge in [-0.1, -0.05) is 18.2 Å². The zero-order valence-electron chi connectivity index (χ0n) is 11.3. The fraction of sp³-hybridized carbons (Fsp3) is 0.214. The Hall–Kier alpha value is -2.41. The minimum absolute atomic E-state index is 0.0542. The van der Waals surface area contributed by atoms with E-state index in [1.54, 1.807) is 23.6 Å². The first-order valence-corrected chi connectivity index (χ1v) is 7.04. The molecule has 2 aromatic rings. The highest BCUT2D eigenvalue weighted by atomic mass is 32.1. The molecule has 0 aliphatic rings. The molecular formula is C14H14N2O4S. The second-order valence-corrected chi connectivity index (χ2v) is 5.11. The van der Waals surface area contributed by atoms with Crippen molar-refractivity contribution in [3.05, 3.63) is 40.9 Å². The number of anilines is 1. The third kappa shape index (κ3) is 4.28. The second kappa shape index (κ2) is 6.85. The van der Waals surface area contributed by atoms with Crippen molar-refractivity contribution in [1.29, 1.82) is 0 Å². The van der Waals surface area contributed by atoms with Crippen molar-refractivity contribution in [3.8, 4) is 5.75 Å². The minimum Gasteiger partial charge on any atom is -0.508 e. The van der Waals surface area contributed by atoms with Crippen LogP contribution in [0.5, 0.6) is 5.75 Å². The summed E-state index contributed by atoms with van der Waals surface area (Å²) in [5.74, 6) is -0.582. The second-order valence-electron chi connectivity index (χ2n) is 4.25. The highest BCUT2D eigenvalue weighted by Gasteiger charge is 2.11. The Bertz CT molecular complexity index is 654. The molecule has 0 bridgehead atoms. The monoisotopic (exact) mass is 306 g/mol. The number of aromatic nitrogens is 1. The molecule has 7 heteroatoms. The van der Waals surface area contributed by atoms with Crippen molar-refractivity contribution in [3.63, 3.8) is 0 Å². The smallest absolute Gasteiger partial charge is 0.311 e. The predicted octanol–water partition coefficient (Wildman–Crippen LogP) is 1.75. The molecule has 21 heavy (non-hydrogen) atoms. The number of benzene rings is 1. The molecule has 0 fully saturated rings. The fourth-order valence-electron chi connectivity index (χ4n) is 1.66. The van der Waals surface area contributed by atoms with Gasteiger partial charge < -0.3 is 15.2 Å². The number of para-hydroxylation sites is 1. The van der Waals surface area contributed by atoms with E-state index in [1.165, 1.54) is 24.5 Å². The maximum absolute atomic E-state index is 11.9. The van der Waals surface area contributed by atoms with Gasteiger partial charge in [0.1, 0.15) is 5.75 Å². The molecule has 6 nitrogen and oxygen atoms in total. The van der Waals surface area contributed by atoms with Crippen LogP contribution in [-0.4, -0.2) is 29.1 Å². The average Bonchev–Trinajstić information content (AvgIpc) is 2.88. The summed E-state index contributed by atoms with van der Waals surface area (Å²) in [5.41, 5.74) is 1.09. The van der Waals surface area contributed by atoms with Crippen molar-refractivity contribution in [2.75, 3.05) is 12.4 Å². The molecule has 2 N–H and O–H groups in total. The number of ether oxygens (including phenoxy) is 1. The maximum atomic E-state index is 11.9. The van der Waals surface area contributed by atoms with Gasteiger partial charge >= 0.3 is 5.97 Å². The van der Waals surface area contributed by atoms with E-state index >= 15 is 0 Å². The lowest BCUT2D eigenvalue weighted by Gasteiger charge is -2.04. The minimum atomic E-state index is -0.382. The van der Waals surface area contributed by atoms with Crippen LogP contribution in [0.1, 0.15) is 11.3 Å². The number of amides is 1. The molecule has 0 atom stereocenters. The van der Waals surface area contributed by atoms with Gasteiger partial charge in [-0.2, -0.15) is 0 Å². The number of aromatic hydroxyl groups is 1. The standard InChI is InChI=1S/C14H14N2O4S/c1-20-13(19)7-10-8-21-14(15-10)16-12(18)6-9-4-2-3-5-11(9)17/h2-5,8,17H,6-7H2,1H3,(H,15,16,18). The van der Waals surface area contributed by atoms with E-state index in [1.807, 2.05) is 0 Å². The SMILES string of the molecule is COC(=O)Cc1csc(NC(=O)Cc2ccccc2O)n1. The van der Waals surface area contributed by atoms with Crippen molar-refractivity contribution >= 4 is 28.3 Å². The van der Waals surface area contributed by atoms with E-state index in [0.717, 1.165) is 0 Å². The molecule has 1 amide bonds. The van der Waals surface area contributed by atoms with Gasteiger partial charge in [-0.3, -0.25) is 9.59 Å². The Morgan fingerprint density at radius 3 is 2.81 bits per heavy atom. The predicted molar refractivity (Wildman–Crippen MR) is 78.3 cm³/mol. The molecule has 0 aliphatic heterocycles. The number of nitrogens with one attached hydrogen (secondary N) is 1. The molecule has 0 radical (unpaired) electrons. The van der Waals surface area contributed by atoms with Crippen molar-refractivity contribution in [2.24, 2.45) is 0 Å². The van der Waals surface area contributed by atoms with E-state index in [-0.39, 0.29) is 30.5 Å². The third-order valence-electron chi connectivity index (χ3n) is 2.69. The van der Waals surface area contributed by atoms with Crippen LogP contribution >= 0.6 is 11.3 Å². The molecule has 110 valence electrons. The number of phenols is 1. The van der Waals surface area contributed by atoms with Gasteiger partial charge in [0, 0.05) is 10.9 Å². The number of carbonyl (C=O) groups excluding carboxylic acids is 2. The summed E-state index contributed by atoms with van der Waals surface area (Å²) in [6.07, 6.45) is 0.126. The van der Waals surface area contributed by atoms with Crippen LogP contribution in [0.15, 0.2) is 29.6 Å². The van der Waals surface area contributed by atoms with Gasteiger partial charge in [0.2, 0.25) is 5.91 Å². The quantitative estimate of drug-likeness (QED) is 0.822. The Labute approximate surface area is 125 Å². The first-order chi connectivity index (χ1) is 10.1. The number of methoxy groups -OCH3 is 1. The van der Waals surface area contributed by atoms with Crippen LogP contribution in [0.25, 0.3) is 0 Å². The largest absolute Gasteiger partial charge is 0.508 e. The number of rotatable bonds is 5. The maximum Gasteiger partial charge on any atom is 0.311 e. The molecule has 1 aromatic heterocycles. The zero-order chi connectivity index (χ0) is 15.2. The molecule has 0 unspecified atom stereocenters. The summed E-state index contributed by atoms with van der Waals surface area (Å²) >= 11 is 1.23. The molecular weight excluding hydrogens is 292 g/mol. The summed E-state index contributed by atoms with van der Waals surface area (Å²) < 4.78 is 4.55. The van der Waals surface area contributed by atoms with E-state index in [4.69, 9.17) is 0 Å². The Balaban J connectivity index is 1.94. The lowest BCUT2D eigenvalue weighted by molar-refractivity contribution is -0.139. The van der Waals surface area contributed by atoms with Crippen LogP contribution in [-0.2, 0) is 27.2 Å². The van der Waals surface area contributed by atoms with Gasteiger partial charge in [-0.25, -0.2) is 4.98 Å². The summed E-state index contributed by atoms with van der Waals surface area (Å²) in [7, 11) is 1.31.